The van der Waals surface area contributed by atoms with Gasteiger partial charge in [0.2, 0.25) is 5.95 Å². The second-order valence-corrected chi connectivity index (χ2v) is 10.2. The summed E-state index contributed by atoms with van der Waals surface area (Å²) in [5, 5.41) is 0. The number of nitrogens with zero attached hydrogens (tertiary/aromatic N) is 5. The Labute approximate surface area is 172 Å². The Balaban J connectivity index is 1.23. The van der Waals surface area contributed by atoms with Gasteiger partial charge in [-0.2, -0.15) is 0 Å². The van der Waals surface area contributed by atoms with Crippen LogP contribution in [-0.2, 0) is 10.0 Å². The SMILES string of the molecule is O=C1c2sc(Cl)cc2S(=O)(=O)N1CCCCN1CCN(c2ncccn2)CC1. The smallest absolute Gasteiger partial charge is 0.279 e. The summed E-state index contributed by atoms with van der Waals surface area (Å²) in [6, 6.07) is 3.17. The van der Waals surface area contributed by atoms with E-state index in [1.807, 2.05) is 0 Å². The highest BCUT2D eigenvalue weighted by atomic mass is 35.5. The summed E-state index contributed by atoms with van der Waals surface area (Å²) < 4.78 is 26.3. The van der Waals surface area contributed by atoms with Crippen molar-refractivity contribution in [3.63, 3.8) is 0 Å². The lowest BCUT2D eigenvalue weighted by molar-refractivity contribution is 0.0872. The molecule has 0 aliphatic carbocycles. The van der Waals surface area contributed by atoms with Gasteiger partial charge in [-0.25, -0.2) is 22.7 Å². The Kier molecular flexibility index (Phi) is 5.55. The van der Waals surface area contributed by atoms with E-state index in [1.54, 1.807) is 18.5 Å². The van der Waals surface area contributed by atoms with Gasteiger partial charge in [-0.3, -0.25) is 9.69 Å². The molecule has 11 heteroatoms. The van der Waals surface area contributed by atoms with Crippen molar-refractivity contribution in [2.45, 2.75) is 17.7 Å². The molecule has 28 heavy (non-hydrogen) atoms. The van der Waals surface area contributed by atoms with Gasteiger partial charge in [0.1, 0.15) is 9.77 Å². The Morgan fingerprint density at radius 2 is 1.75 bits per heavy atom. The van der Waals surface area contributed by atoms with Crippen LogP contribution in [0.2, 0.25) is 4.34 Å². The van der Waals surface area contributed by atoms with Crippen molar-refractivity contribution in [3.05, 3.63) is 33.7 Å². The maximum absolute atomic E-state index is 12.5. The van der Waals surface area contributed by atoms with Crippen LogP contribution in [0.3, 0.4) is 0 Å². The molecule has 2 aromatic rings. The van der Waals surface area contributed by atoms with Crippen LogP contribution in [0.4, 0.5) is 5.95 Å². The lowest BCUT2D eigenvalue weighted by Crippen LogP contribution is -2.47. The van der Waals surface area contributed by atoms with E-state index in [4.69, 9.17) is 11.6 Å². The molecule has 150 valence electrons. The Bertz CT molecular complexity index is 958. The minimum absolute atomic E-state index is 0.0479. The maximum Gasteiger partial charge on any atom is 0.279 e. The van der Waals surface area contributed by atoms with E-state index >= 15 is 0 Å². The zero-order chi connectivity index (χ0) is 19.7. The number of hydrogen-bond donors (Lipinski definition) is 0. The third-order valence-corrected chi connectivity index (χ3v) is 8.14. The molecule has 2 aromatic heterocycles. The van der Waals surface area contributed by atoms with Gasteiger partial charge in [-0.15, -0.1) is 11.3 Å². The second kappa shape index (κ2) is 7.94. The Morgan fingerprint density at radius 1 is 1.07 bits per heavy atom. The first kappa shape index (κ1) is 19.6. The summed E-state index contributed by atoms with van der Waals surface area (Å²) in [4.78, 5) is 25.7. The molecule has 2 aliphatic rings. The monoisotopic (exact) mass is 441 g/mol. The number of fused-ring (bicyclic) bond motifs is 1. The molecular formula is C17H20ClN5O3S2. The number of thiophene rings is 1. The number of anilines is 1. The molecule has 4 heterocycles. The number of rotatable bonds is 6. The molecule has 0 spiro atoms. The molecule has 0 N–H and O–H groups in total. The molecule has 1 fully saturated rings. The second-order valence-electron chi connectivity index (χ2n) is 6.71. The summed E-state index contributed by atoms with van der Waals surface area (Å²) in [6.45, 7) is 4.63. The number of hydrogen-bond acceptors (Lipinski definition) is 8. The van der Waals surface area contributed by atoms with E-state index < -0.39 is 15.9 Å². The maximum atomic E-state index is 12.5. The van der Waals surface area contributed by atoms with Gasteiger partial charge >= 0.3 is 0 Å². The number of sulfonamides is 1. The molecule has 1 saturated heterocycles. The number of piperazine rings is 1. The molecule has 0 saturated carbocycles. The van der Waals surface area contributed by atoms with Gasteiger partial charge in [0.25, 0.3) is 15.9 Å². The van der Waals surface area contributed by atoms with E-state index in [-0.39, 0.29) is 16.3 Å². The Morgan fingerprint density at radius 3 is 2.43 bits per heavy atom. The van der Waals surface area contributed by atoms with Gasteiger partial charge in [0.15, 0.2) is 0 Å². The number of carbonyl (C=O) groups is 1. The van der Waals surface area contributed by atoms with Crippen molar-refractivity contribution in [1.82, 2.24) is 19.2 Å². The summed E-state index contributed by atoms with van der Waals surface area (Å²) >= 11 is 6.87. The fraction of sp³-hybridized carbons (Fsp3) is 0.471. The van der Waals surface area contributed by atoms with Gasteiger partial charge in [0.05, 0.1) is 4.34 Å². The van der Waals surface area contributed by atoms with E-state index in [0.717, 1.165) is 60.7 Å². The summed E-state index contributed by atoms with van der Waals surface area (Å²) in [5.74, 6) is 0.302. The lowest BCUT2D eigenvalue weighted by atomic mass is 10.2. The third-order valence-electron chi connectivity index (χ3n) is 4.95. The number of halogens is 1. The first-order valence-corrected chi connectivity index (χ1v) is 11.7. The predicted octanol–water partition coefficient (Wildman–Crippen LogP) is 1.94. The lowest BCUT2D eigenvalue weighted by Gasteiger charge is -2.34. The van der Waals surface area contributed by atoms with Crippen molar-refractivity contribution in [2.24, 2.45) is 0 Å². The molecule has 0 bridgehead atoms. The number of aromatic nitrogens is 2. The van der Waals surface area contributed by atoms with Crippen molar-refractivity contribution in [3.8, 4) is 0 Å². The largest absolute Gasteiger partial charge is 0.338 e. The molecule has 0 unspecified atom stereocenters. The van der Waals surface area contributed by atoms with Crippen LogP contribution in [0.25, 0.3) is 0 Å². The summed E-state index contributed by atoms with van der Waals surface area (Å²) in [5.41, 5.74) is 0. The molecule has 0 atom stereocenters. The van der Waals surface area contributed by atoms with Crippen LogP contribution in [0.1, 0.15) is 22.5 Å². The van der Waals surface area contributed by atoms with Crippen LogP contribution < -0.4 is 4.90 Å². The van der Waals surface area contributed by atoms with Crippen LogP contribution in [0.5, 0.6) is 0 Å². The van der Waals surface area contributed by atoms with E-state index in [1.165, 1.54) is 6.07 Å². The average Bonchev–Trinajstić information content (AvgIpc) is 3.17. The number of unbranched alkanes of at least 4 members (excludes halogenated alkanes) is 1. The molecule has 4 rings (SSSR count). The minimum Gasteiger partial charge on any atom is -0.338 e. The van der Waals surface area contributed by atoms with Crippen LogP contribution in [0, 0.1) is 0 Å². The fourth-order valence-electron chi connectivity index (χ4n) is 3.47. The van der Waals surface area contributed by atoms with Crippen molar-refractivity contribution >= 4 is 44.8 Å². The van der Waals surface area contributed by atoms with Gasteiger partial charge in [-0.05, 0) is 31.5 Å². The van der Waals surface area contributed by atoms with Crippen molar-refractivity contribution in [1.29, 1.82) is 0 Å². The molecule has 0 aromatic carbocycles. The van der Waals surface area contributed by atoms with Gasteiger partial charge in [-0.1, -0.05) is 11.6 Å². The average molecular weight is 442 g/mol. The molecule has 0 radical (unpaired) electrons. The quantitative estimate of drug-likeness (QED) is 0.633. The number of carbonyl (C=O) groups excluding carboxylic acids is 1. The van der Waals surface area contributed by atoms with Crippen LogP contribution in [0.15, 0.2) is 29.4 Å². The normalized spacial score (nSPS) is 19.2. The third kappa shape index (κ3) is 3.73. The topological polar surface area (TPSA) is 86.7 Å². The molecule has 8 nitrogen and oxygen atoms in total. The first-order valence-electron chi connectivity index (χ1n) is 9.07. The highest BCUT2D eigenvalue weighted by molar-refractivity contribution is 7.90. The predicted molar refractivity (Wildman–Crippen MR) is 107 cm³/mol. The molecular weight excluding hydrogens is 422 g/mol. The summed E-state index contributed by atoms with van der Waals surface area (Å²) in [7, 11) is -3.74. The minimum atomic E-state index is -3.74. The van der Waals surface area contributed by atoms with Gasteiger partial charge in [0, 0.05) is 45.1 Å². The first-order chi connectivity index (χ1) is 13.5. The highest BCUT2D eigenvalue weighted by Crippen LogP contribution is 2.38. The number of amides is 1. The van der Waals surface area contributed by atoms with E-state index in [0.29, 0.717) is 10.8 Å². The Hall–Kier alpha value is -1.75. The zero-order valence-corrected chi connectivity index (χ0v) is 17.5. The molecule has 2 aliphatic heterocycles. The van der Waals surface area contributed by atoms with Crippen LogP contribution >= 0.6 is 22.9 Å². The van der Waals surface area contributed by atoms with Gasteiger partial charge < -0.3 is 4.90 Å². The van der Waals surface area contributed by atoms with E-state index in [2.05, 4.69) is 19.8 Å². The van der Waals surface area contributed by atoms with Crippen LogP contribution in [-0.4, -0.2) is 72.8 Å². The standard InChI is InChI=1S/C17H20ClN5O3S2/c18-14-12-13-15(27-14)16(24)23(28(13,25)26)7-2-1-6-21-8-10-22(11-9-21)17-19-4-3-5-20-17/h3-5,12H,1-2,6-11H2. The zero-order valence-electron chi connectivity index (χ0n) is 15.1. The summed E-state index contributed by atoms with van der Waals surface area (Å²) in [6.07, 6.45) is 4.95. The molecule has 1 amide bonds. The van der Waals surface area contributed by atoms with Crippen molar-refractivity contribution < 1.29 is 13.2 Å². The highest BCUT2D eigenvalue weighted by Gasteiger charge is 2.42. The fourth-order valence-corrected chi connectivity index (χ4v) is 6.68. The van der Waals surface area contributed by atoms with E-state index in [9.17, 15) is 13.2 Å². The van der Waals surface area contributed by atoms with Crippen molar-refractivity contribution in [2.75, 3.05) is 44.2 Å².